The lowest BCUT2D eigenvalue weighted by Gasteiger charge is -2.34. The monoisotopic (exact) mass is 1470 g/mol. The van der Waals surface area contributed by atoms with E-state index in [9.17, 15) is 32.3 Å². The average Bonchev–Trinajstić information content (AvgIpc) is 3.90. The molecule has 4 fully saturated rings. The first kappa shape index (κ1) is 67.3. The Bertz CT molecular complexity index is 3140. The lowest BCUT2D eigenvalue weighted by Crippen LogP contribution is -2.40. The van der Waals surface area contributed by atoms with Crippen LogP contribution in [-0.2, 0) is 19.1 Å². The second-order valence-electron chi connectivity index (χ2n) is 22.1. The maximum Gasteiger partial charge on any atom is 0.417 e. The molecule has 0 radical (unpaired) electrons. The van der Waals surface area contributed by atoms with E-state index in [0.717, 1.165) is 126 Å². The zero-order chi connectivity index (χ0) is 59.0. The Hall–Kier alpha value is -4.83. The number of pyridine rings is 3. The Morgan fingerprint density at radius 1 is 0.566 bits per heavy atom. The van der Waals surface area contributed by atoms with Crippen LogP contribution in [-0.4, -0.2) is 62.7 Å². The number of hydrogen-bond donors (Lipinski definition) is 1. The van der Waals surface area contributed by atoms with Gasteiger partial charge in [0.15, 0.2) is 0 Å². The third kappa shape index (κ3) is 17.2. The number of rotatable bonds is 10. The van der Waals surface area contributed by atoms with Gasteiger partial charge < -0.3 is 9.84 Å². The molecule has 16 heteroatoms. The molecule has 3 aromatic heterocycles. The standard InChI is InChI=1S/C27H27FN2O3.C19H22FNO.C18H20FNO2.CH2I2.CH3I.CH4/c1-17(26(31)30-25(16-33-27(30)32)20-5-3-2-4-6-20)18-7-9-19(10-8-18)22-13-14-29-24-12-11-21(28)15-23(22)24;1-12(13(2)22)14-3-5-15(6-4-14)17-9-10-21-19-8-7-16(20)11-18(17)19;1-11(18(21)22)12-2-4-13(5-3-12)15-8-9-20-17-7-6-14(19)10-16(15)17;2-1-3;1-2;/h2-6,11-15,17-19,25H,7-10,16H2,1H3;7-12,14-15H,3-6H2,1-2H3;6-13H,2-5H2,1H3,(H,21,22);1H2;1H3;1H4. The van der Waals surface area contributed by atoms with Crippen LogP contribution in [0.2, 0.25) is 0 Å². The largest absolute Gasteiger partial charge is 0.481 e. The molecule has 4 unspecified atom stereocenters. The summed E-state index contributed by atoms with van der Waals surface area (Å²) >= 11 is 6.70. The summed E-state index contributed by atoms with van der Waals surface area (Å²) in [5.74, 6) is 0.392. The minimum absolute atomic E-state index is 0. The summed E-state index contributed by atoms with van der Waals surface area (Å²) in [6, 6.07) is 29.4. The molecule has 3 aliphatic carbocycles. The topological polar surface area (TPSA) is 140 Å². The van der Waals surface area contributed by atoms with E-state index in [2.05, 4.69) is 82.7 Å². The molecule has 1 saturated heterocycles. The van der Waals surface area contributed by atoms with Crippen LogP contribution < -0.4 is 0 Å². The zero-order valence-corrected chi connectivity index (χ0v) is 53.7. The molecule has 10 nitrogen and oxygen atoms in total. The van der Waals surface area contributed by atoms with E-state index in [1.54, 1.807) is 62.6 Å². The highest BCUT2D eigenvalue weighted by atomic mass is 127. The number of carbonyl (C=O) groups is 4. The molecule has 11 rings (SSSR count). The van der Waals surface area contributed by atoms with Gasteiger partial charge in [-0.15, -0.1) is 0 Å². The summed E-state index contributed by atoms with van der Waals surface area (Å²) in [6.45, 7) is 7.66. The lowest BCUT2D eigenvalue weighted by molar-refractivity contribution is -0.143. The summed E-state index contributed by atoms with van der Waals surface area (Å²) in [5, 5.41) is 11.8. The minimum atomic E-state index is -0.708. The van der Waals surface area contributed by atoms with Crippen molar-refractivity contribution < 1.29 is 42.2 Å². The van der Waals surface area contributed by atoms with Crippen molar-refractivity contribution in [2.24, 2.45) is 35.5 Å². The number of benzene rings is 4. The molecule has 83 heavy (non-hydrogen) atoms. The van der Waals surface area contributed by atoms with E-state index in [1.165, 1.54) is 31.1 Å². The number of nitrogens with zero attached hydrogens (tertiary/aromatic N) is 4. The Labute approximate surface area is 528 Å². The maximum absolute atomic E-state index is 13.9. The zero-order valence-electron chi connectivity index (χ0n) is 47.3. The van der Waals surface area contributed by atoms with Crippen molar-refractivity contribution in [3.05, 3.63) is 161 Å². The molecule has 0 spiro atoms. The van der Waals surface area contributed by atoms with Crippen LogP contribution in [0.3, 0.4) is 0 Å². The van der Waals surface area contributed by atoms with Crippen LogP contribution in [0.25, 0.3) is 32.7 Å². The van der Waals surface area contributed by atoms with Crippen molar-refractivity contribution in [2.45, 2.75) is 136 Å². The van der Waals surface area contributed by atoms with Gasteiger partial charge in [-0.05, 0) is 219 Å². The molecule has 1 N–H and O–H groups in total. The summed E-state index contributed by atoms with van der Waals surface area (Å²) in [5.41, 5.74) is 6.87. The van der Waals surface area contributed by atoms with Crippen molar-refractivity contribution in [3.63, 3.8) is 0 Å². The van der Waals surface area contributed by atoms with Gasteiger partial charge >= 0.3 is 12.1 Å². The molecule has 0 bridgehead atoms. The number of imide groups is 1. The highest BCUT2D eigenvalue weighted by Crippen LogP contribution is 2.44. The van der Waals surface area contributed by atoms with Crippen LogP contribution >= 0.6 is 67.8 Å². The molecule has 4 aliphatic rings. The van der Waals surface area contributed by atoms with E-state index < -0.39 is 12.1 Å². The van der Waals surface area contributed by atoms with E-state index in [4.69, 9.17) is 9.84 Å². The number of amides is 2. The molecular weight excluding hydrogens is 1390 g/mol. The van der Waals surface area contributed by atoms with Crippen molar-refractivity contribution >= 4 is 124 Å². The van der Waals surface area contributed by atoms with Gasteiger partial charge in [0.1, 0.15) is 35.9 Å². The summed E-state index contributed by atoms with van der Waals surface area (Å²) < 4.78 is 47.4. The number of Topliss-reactive ketones (excluding diaryl/α,β-unsaturated/α-hetero) is 1. The van der Waals surface area contributed by atoms with Crippen LogP contribution in [0.4, 0.5) is 18.0 Å². The molecule has 7 aromatic rings. The van der Waals surface area contributed by atoms with Crippen LogP contribution in [0, 0.1) is 53.0 Å². The second kappa shape index (κ2) is 32.6. The summed E-state index contributed by atoms with van der Waals surface area (Å²) in [4.78, 5) is 64.7. The SMILES string of the molecule is C.CC(=O)C(C)C1CCC(c2ccnc3ccc(F)cc23)CC1.CC(C(=O)N1C(=O)OCC1c1ccccc1)C1CCC(c2ccnc3ccc(F)cc23)CC1.CC(C(=O)O)C1CCC(c2ccnc3ccc(F)cc23)CC1.CI.ICI. The highest BCUT2D eigenvalue weighted by molar-refractivity contribution is 14.2. The number of halogens is 6. The number of aliphatic carboxylic acids is 1. The lowest BCUT2D eigenvalue weighted by atomic mass is 9.73. The molecule has 4 heterocycles. The van der Waals surface area contributed by atoms with Gasteiger partial charge in [-0.25, -0.2) is 22.9 Å². The fraction of sp³-hybridized carbons (Fsp3) is 0.448. The predicted molar refractivity (Wildman–Crippen MR) is 352 cm³/mol. The highest BCUT2D eigenvalue weighted by Gasteiger charge is 2.43. The quantitative estimate of drug-likeness (QED) is 0.105. The molecule has 3 saturated carbocycles. The molecule has 2 amide bonds. The molecule has 1 aliphatic heterocycles. The van der Waals surface area contributed by atoms with Gasteiger partial charge in [-0.2, -0.15) is 0 Å². The molecule has 4 atom stereocenters. The average molecular weight is 1470 g/mol. The summed E-state index contributed by atoms with van der Waals surface area (Å²) in [6.07, 6.45) is 16.5. The van der Waals surface area contributed by atoms with Gasteiger partial charge in [-0.3, -0.25) is 29.3 Å². The van der Waals surface area contributed by atoms with E-state index in [1.807, 2.05) is 73.5 Å². The van der Waals surface area contributed by atoms with Gasteiger partial charge in [0.25, 0.3) is 0 Å². The number of carbonyl (C=O) groups excluding carboxylic acids is 3. The third-order valence-corrected chi connectivity index (χ3v) is 17.7. The number of carboxylic acids is 1. The van der Waals surface area contributed by atoms with Crippen LogP contribution in [0.15, 0.2) is 122 Å². The molecule has 444 valence electrons. The number of fused-ring (bicyclic) bond motifs is 3. The van der Waals surface area contributed by atoms with Gasteiger partial charge in [0.2, 0.25) is 5.91 Å². The second-order valence-corrected chi connectivity index (χ2v) is 26.6. The fourth-order valence-corrected chi connectivity index (χ4v) is 12.8. The molecule has 4 aromatic carbocycles. The Balaban J connectivity index is 0.000000197. The Kier molecular flexibility index (Phi) is 26.4. The predicted octanol–water partition coefficient (Wildman–Crippen LogP) is 18.7. The first-order valence-corrected chi connectivity index (χ1v) is 33.7. The first-order chi connectivity index (χ1) is 39.6. The number of carboxylic acid groups (broad SMARTS) is 1. The smallest absolute Gasteiger partial charge is 0.417 e. The van der Waals surface area contributed by atoms with Gasteiger partial charge in [-0.1, -0.05) is 126 Å². The first-order valence-electron chi connectivity index (χ1n) is 28.5. The van der Waals surface area contributed by atoms with Crippen molar-refractivity contribution in [1.29, 1.82) is 0 Å². The maximum atomic E-state index is 13.9. The molecular formula is C67H78F3I3N4O6. The number of aromatic nitrogens is 3. The van der Waals surface area contributed by atoms with Crippen LogP contribution in [0.5, 0.6) is 0 Å². The fourth-order valence-electron chi connectivity index (χ4n) is 12.8. The minimum Gasteiger partial charge on any atom is -0.481 e. The van der Waals surface area contributed by atoms with Crippen molar-refractivity contribution in [3.8, 4) is 0 Å². The van der Waals surface area contributed by atoms with Crippen molar-refractivity contribution in [1.82, 2.24) is 19.9 Å². The number of alkyl halides is 3. The van der Waals surface area contributed by atoms with Gasteiger partial charge in [0.05, 0.1) is 24.9 Å². The van der Waals surface area contributed by atoms with Gasteiger partial charge in [0, 0.05) is 46.6 Å². The summed E-state index contributed by atoms with van der Waals surface area (Å²) in [7, 11) is 0. The van der Waals surface area contributed by atoms with Crippen LogP contribution in [0.1, 0.15) is 158 Å². The Morgan fingerprint density at radius 3 is 1.27 bits per heavy atom. The number of cyclic esters (lactones) is 1. The number of ether oxygens (including phenoxy) is 1. The van der Waals surface area contributed by atoms with E-state index >= 15 is 0 Å². The van der Waals surface area contributed by atoms with Crippen molar-refractivity contribution in [2.75, 3.05) is 14.0 Å². The Morgan fingerprint density at radius 2 is 0.916 bits per heavy atom. The van der Waals surface area contributed by atoms with E-state index in [-0.39, 0.29) is 73.0 Å². The van der Waals surface area contributed by atoms with E-state index in [0.29, 0.717) is 29.5 Å². The number of ketones is 1. The third-order valence-electron chi connectivity index (χ3n) is 17.7. The number of hydrogen-bond acceptors (Lipinski definition) is 8. The normalized spacial score (nSPS) is 22.2.